The van der Waals surface area contributed by atoms with E-state index in [2.05, 4.69) is 13.5 Å². The lowest BCUT2D eigenvalue weighted by Gasteiger charge is -2.07. The zero-order valence-corrected chi connectivity index (χ0v) is 8.23. The van der Waals surface area contributed by atoms with Gasteiger partial charge in [-0.3, -0.25) is 0 Å². The van der Waals surface area contributed by atoms with Gasteiger partial charge in [0.1, 0.15) is 5.82 Å². The predicted octanol–water partition coefficient (Wildman–Crippen LogP) is 3.81. The van der Waals surface area contributed by atoms with Gasteiger partial charge in [-0.05, 0) is 36.6 Å². The normalized spacial score (nSPS) is 10.1. The van der Waals surface area contributed by atoms with Crippen LogP contribution in [0, 0.1) is 5.82 Å². The smallest absolute Gasteiger partial charge is 0.123 e. The van der Waals surface area contributed by atoms with Gasteiger partial charge in [-0.1, -0.05) is 31.6 Å². The highest BCUT2D eigenvalue weighted by Gasteiger charge is 2.03. The van der Waals surface area contributed by atoms with Crippen molar-refractivity contribution in [2.75, 3.05) is 0 Å². The Bertz CT molecular complexity index is 313. The molecule has 13 heavy (non-hydrogen) atoms. The third-order valence-electron chi connectivity index (χ3n) is 2.05. The van der Waals surface area contributed by atoms with Gasteiger partial charge in [-0.25, -0.2) is 4.39 Å². The lowest BCUT2D eigenvalue weighted by atomic mass is 9.98. The maximum absolute atomic E-state index is 12.9. The molecular formula is C12H15F. The van der Waals surface area contributed by atoms with Crippen LogP contribution in [0.5, 0.6) is 0 Å². The first-order valence-corrected chi connectivity index (χ1v) is 4.59. The molecule has 1 heteroatoms. The molecule has 0 aliphatic heterocycles. The van der Waals surface area contributed by atoms with Crippen molar-refractivity contribution in [2.45, 2.75) is 26.7 Å². The molecule has 0 N–H and O–H groups in total. The molecule has 0 amide bonds. The minimum Gasteiger partial charge on any atom is -0.207 e. The van der Waals surface area contributed by atoms with Crippen molar-refractivity contribution < 1.29 is 4.39 Å². The largest absolute Gasteiger partial charge is 0.207 e. The molecule has 0 bridgehead atoms. The van der Waals surface area contributed by atoms with Crippen LogP contribution in [0.15, 0.2) is 24.8 Å². The second-order valence-electron chi connectivity index (χ2n) is 3.33. The average molecular weight is 178 g/mol. The molecule has 0 saturated heterocycles. The Kier molecular flexibility index (Phi) is 3.24. The van der Waals surface area contributed by atoms with E-state index in [9.17, 15) is 4.39 Å². The molecule has 0 nitrogen and oxygen atoms in total. The van der Waals surface area contributed by atoms with E-state index < -0.39 is 0 Å². The van der Waals surface area contributed by atoms with Crippen molar-refractivity contribution in [1.82, 2.24) is 0 Å². The second kappa shape index (κ2) is 4.22. The Morgan fingerprint density at radius 1 is 1.46 bits per heavy atom. The van der Waals surface area contributed by atoms with Crippen molar-refractivity contribution in [3.63, 3.8) is 0 Å². The van der Waals surface area contributed by atoms with E-state index in [1.54, 1.807) is 6.07 Å². The zero-order valence-electron chi connectivity index (χ0n) is 8.23. The van der Waals surface area contributed by atoms with Gasteiger partial charge in [0, 0.05) is 0 Å². The van der Waals surface area contributed by atoms with Crippen LogP contribution in [-0.2, 0) is 6.42 Å². The van der Waals surface area contributed by atoms with Gasteiger partial charge in [0.05, 0.1) is 0 Å². The van der Waals surface area contributed by atoms with E-state index in [0.717, 1.165) is 29.5 Å². The van der Waals surface area contributed by atoms with Crippen LogP contribution in [0.4, 0.5) is 4.39 Å². The standard InChI is InChI=1S/C12H15F/c1-4-5-10-8-11(13)6-7-12(10)9(2)3/h6-8H,2,4-5H2,1,3H3. The van der Waals surface area contributed by atoms with Crippen molar-refractivity contribution in [3.8, 4) is 0 Å². The number of hydrogen-bond donors (Lipinski definition) is 0. The summed E-state index contributed by atoms with van der Waals surface area (Å²) in [5.41, 5.74) is 3.15. The first-order chi connectivity index (χ1) is 6.15. The van der Waals surface area contributed by atoms with Crippen LogP contribution in [0.3, 0.4) is 0 Å². The average Bonchev–Trinajstić information content (AvgIpc) is 2.04. The summed E-state index contributed by atoms with van der Waals surface area (Å²) in [5.74, 6) is -0.159. The highest BCUT2D eigenvalue weighted by molar-refractivity contribution is 5.64. The SMILES string of the molecule is C=C(C)c1ccc(F)cc1CCC. The molecule has 0 unspecified atom stereocenters. The second-order valence-corrected chi connectivity index (χ2v) is 3.33. The number of hydrogen-bond acceptors (Lipinski definition) is 0. The van der Waals surface area contributed by atoms with E-state index in [-0.39, 0.29) is 5.82 Å². The molecule has 0 atom stereocenters. The first-order valence-electron chi connectivity index (χ1n) is 4.59. The molecule has 1 rings (SSSR count). The molecule has 0 radical (unpaired) electrons. The van der Waals surface area contributed by atoms with Crippen LogP contribution in [0.1, 0.15) is 31.4 Å². The molecule has 0 fully saturated rings. The molecule has 0 saturated carbocycles. The number of aryl methyl sites for hydroxylation is 1. The molecule has 70 valence electrons. The quantitative estimate of drug-likeness (QED) is 0.660. The molecule has 0 aliphatic carbocycles. The van der Waals surface area contributed by atoms with Gasteiger partial charge in [0.2, 0.25) is 0 Å². The fourth-order valence-electron chi connectivity index (χ4n) is 1.45. The zero-order chi connectivity index (χ0) is 9.84. The van der Waals surface area contributed by atoms with Gasteiger partial charge in [0.15, 0.2) is 0 Å². The Morgan fingerprint density at radius 2 is 2.15 bits per heavy atom. The summed E-state index contributed by atoms with van der Waals surface area (Å²) in [6, 6.07) is 4.90. The summed E-state index contributed by atoms with van der Waals surface area (Å²) in [5, 5.41) is 0. The summed E-state index contributed by atoms with van der Waals surface area (Å²) >= 11 is 0. The Morgan fingerprint density at radius 3 is 2.69 bits per heavy atom. The minimum atomic E-state index is -0.159. The predicted molar refractivity (Wildman–Crippen MR) is 55.1 cm³/mol. The number of rotatable bonds is 3. The van der Waals surface area contributed by atoms with E-state index in [0.29, 0.717) is 0 Å². The number of benzene rings is 1. The van der Waals surface area contributed by atoms with Crippen molar-refractivity contribution in [3.05, 3.63) is 41.7 Å². The molecule has 1 aromatic rings. The molecular weight excluding hydrogens is 163 g/mol. The van der Waals surface area contributed by atoms with Crippen LogP contribution in [0.25, 0.3) is 5.57 Å². The summed E-state index contributed by atoms with van der Waals surface area (Å²) in [7, 11) is 0. The van der Waals surface area contributed by atoms with Crippen molar-refractivity contribution >= 4 is 5.57 Å². The van der Waals surface area contributed by atoms with Crippen LogP contribution < -0.4 is 0 Å². The van der Waals surface area contributed by atoms with Gasteiger partial charge in [-0.15, -0.1) is 0 Å². The highest BCUT2D eigenvalue weighted by Crippen LogP contribution is 2.19. The van der Waals surface area contributed by atoms with Crippen LogP contribution >= 0.6 is 0 Å². The van der Waals surface area contributed by atoms with Gasteiger partial charge in [0.25, 0.3) is 0 Å². The van der Waals surface area contributed by atoms with Crippen LogP contribution in [-0.4, -0.2) is 0 Å². The molecule has 1 aromatic carbocycles. The molecule has 0 spiro atoms. The molecule has 0 heterocycles. The maximum Gasteiger partial charge on any atom is 0.123 e. The van der Waals surface area contributed by atoms with Crippen LogP contribution in [0.2, 0.25) is 0 Å². The van der Waals surface area contributed by atoms with Crippen molar-refractivity contribution in [1.29, 1.82) is 0 Å². The third-order valence-corrected chi connectivity index (χ3v) is 2.05. The summed E-state index contributed by atoms with van der Waals surface area (Å²) in [4.78, 5) is 0. The number of halogens is 1. The van der Waals surface area contributed by atoms with Gasteiger partial charge in [-0.2, -0.15) is 0 Å². The third kappa shape index (κ3) is 2.41. The Labute approximate surface area is 79.1 Å². The fourth-order valence-corrected chi connectivity index (χ4v) is 1.45. The Balaban J connectivity index is 3.10. The summed E-state index contributed by atoms with van der Waals surface area (Å²) in [6.45, 7) is 7.92. The Hall–Kier alpha value is -1.11. The summed E-state index contributed by atoms with van der Waals surface area (Å²) in [6.07, 6.45) is 1.95. The minimum absolute atomic E-state index is 0.159. The number of allylic oxidation sites excluding steroid dienone is 1. The topological polar surface area (TPSA) is 0 Å². The van der Waals surface area contributed by atoms with Crippen molar-refractivity contribution in [2.24, 2.45) is 0 Å². The fraction of sp³-hybridized carbons (Fsp3) is 0.333. The van der Waals surface area contributed by atoms with E-state index in [1.807, 2.05) is 13.0 Å². The van der Waals surface area contributed by atoms with Gasteiger partial charge < -0.3 is 0 Å². The maximum atomic E-state index is 12.9. The van der Waals surface area contributed by atoms with Gasteiger partial charge >= 0.3 is 0 Å². The first kappa shape index (κ1) is 9.97. The van der Waals surface area contributed by atoms with E-state index >= 15 is 0 Å². The lowest BCUT2D eigenvalue weighted by molar-refractivity contribution is 0.624. The summed E-state index contributed by atoms with van der Waals surface area (Å²) < 4.78 is 12.9. The molecule has 0 aromatic heterocycles. The highest BCUT2D eigenvalue weighted by atomic mass is 19.1. The van der Waals surface area contributed by atoms with E-state index in [1.165, 1.54) is 6.07 Å². The monoisotopic (exact) mass is 178 g/mol. The molecule has 0 aliphatic rings. The lowest BCUT2D eigenvalue weighted by Crippen LogP contribution is -1.92. The van der Waals surface area contributed by atoms with E-state index in [4.69, 9.17) is 0 Å².